The van der Waals surface area contributed by atoms with Gasteiger partial charge in [0.1, 0.15) is 4.34 Å². The molecule has 0 aliphatic heterocycles. The van der Waals surface area contributed by atoms with Crippen molar-refractivity contribution >= 4 is 51.9 Å². The first-order valence-electron chi connectivity index (χ1n) is 7.86. The number of nitrogens with two attached hydrogens (primary N) is 1. The minimum Gasteiger partial charge on any atom is -0.330 e. The van der Waals surface area contributed by atoms with Crippen LogP contribution in [0.4, 0.5) is 0 Å². The van der Waals surface area contributed by atoms with E-state index in [-0.39, 0.29) is 18.1 Å². The van der Waals surface area contributed by atoms with Gasteiger partial charge in [0, 0.05) is 30.0 Å². The van der Waals surface area contributed by atoms with Crippen LogP contribution in [0.3, 0.4) is 0 Å². The number of hydrogen-bond donors (Lipinski definition) is 1. The highest BCUT2D eigenvalue weighted by Crippen LogP contribution is 2.39. The van der Waals surface area contributed by atoms with Gasteiger partial charge in [0.25, 0.3) is 0 Å². The zero-order chi connectivity index (χ0) is 18.8. The average molecular weight is 429 g/mol. The number of ketones is 1. The van der Waals surface area contributed by atoms with E-state index in [2.05, 4.69) is 5.10 Å². The van der Waals surface area contributed by atoms with Crippen molar-refractivity contribution < 1.29 is 4.79 Å². The molecule has 1 unspecified atom stereocenters. The molecule has 2 heterocycles. The van der Waals surface area contributed by atoms with E-state index in [1.54, 1.807) is 30.1 Å². The van der Waals surface area contributed by atoms with Gasteiger partial charge < -0.3 is 5.73 Å². The molecule has 0 radical (unpaired) electrons. The highest BCUT2D eigenvalue weighted by Gasteiger charge is 2.22. The number of benzene rings is 1. The molecular formula is C18H16Cl3N3OS. The topological polar surface area (TPSA) is 60.9 Å². The fourth-order valence-corrected chi connectivity index (χ4v) is 4.50. The number of rotatable bonds is 6. The Morgan fingerprint density at radius 1 is 1.31 bits per heavy atom. The van der Waals surface area contributed by atoms with E-state index in [1.165, 1.54) is 11.3 Å². The Morgan fingerprint density at radius 3 is 2.69 bits per heavy atom. The number of aryl methyl sites for hydroxylation is 1. The van der Waals surface area contributed by atoms with Crippen molar-refractivity contribution in [2.45, 2.75) is 12.3 Å². The third-order valence-electron chi connectivity index (χ3n) is 4.15. The highest BCUT2D eigenvalue weighted by molar-refractivity contribution is 7.18. The first-order valence-corrected chi connectivity index (χ1v) is 9.81. The summed E-state index contributed by atoms with van der Waals surface area (Å²) in [5, 5.41) is 5.23. The van der Waals surface area contributed by atoms with E-state index in [9.17, 15) is 4.79 Å². The van der Waals surface area contributed by atoms with E-state index in [0.717, 1.165) is 5.56 Å². The Bertz CT molecular complexity index is 932. The van der Waals surface area contributed by atoms with Gasteiger partial charge in [0.2, 0.25) is 0 Å². The molecule has 0 amide bonds. The molecule has 136 valence electrons. The molecule has 0 aliphatic carbocycles. The predicted molar refractivity (Wildman–Crippen MR) is 109 cm³/mol. The van der Waals surface area contributed by atoms with Crippen LogP contribution < -0.4 is 5.73 Å². The Labute approximate surface area is 170 Å². The number of Topliss-reactive ketones (excluding diaryl/α,β-unsaturated/α-hetero) is 1. The second-order valence-corrected chi connectivity index (χ2v) is 8.38. The van der Waals surface area contributed by atoms with Gasteiger partial charge in [-0.2, -0.15) is 5.10 Å². The summed E-state index contributed by atoms with van der Waals surface area (Å²) in [5.41, 5.74) is 8.23. The van der Waals surface area contributed by atoms with Crippen LogP contribution in [0.2, 0.25) is 14.4 Å². The summed E-state index contributed by atoms with van der Waals surface area (Å²) in [4.78, 5) is 13.4. The summed E-state index contributed by atoms with van der Waals surface area (Å²) < 4.78 is 2.14. The van der Waals surface area contributed by atoms with E-state index in [1.807, 2.05) is 18.2 Å². The summed E-state index contributed by atoms with van der Waals surface area (Å²) in [6.45, 7) is 0.353. The second-order valence-electron chi connectivity index (χ2n) is 5.88. The summed E-state index contributed by atoms with van der Waals surface area (Å²) >= 11 is 19.8. The minimum atomic E-state index is -0.106. The molecule has 8 heteroatoms. The average Bonchev–Trinajstić information content (AvgIpc) is 3.14. The first kappa shape index (κ1) is 19.4. The zero-order valence-electron chi connectivity index (χ0n) is 13.9. The van der Waals surface area contributed by atoms with Crippen molar-refractivity contribution in [3.8, 4) is 11.3 Å². The van der Waals surface area contributed by atoms with Crippen LogP contribution in [-0.4, -0.2) is 22.1 Å². The van der Waals surface area contributed by atoms with Gasteiger partial charge in [-0.1, -0.05) is 46.9 Å². The van der Waals surface area contributed by atoms with Crippen LogP contribution in [0.1, 0.15) is 27.6 Å². The molecule has 0 aliphatic rings. The number of hydrogen-bond acceptors (Lipinski definition) is 4. The molecule has 0 bridgehead atoms. The van der Waals surface area contributed by atoms with Crippen LogP contribution >= 0.6 is 46.1 Å². The fraction of sp³-hybridized carbons (Fsp3) is 0.222. The number of thiophene rings is 1. The van der Waals surface area contributed by atoms with Gasteiger partial charge in [-0.25, -0.2) is 0 Å². The van der Waals surface area contributed by atoms with Gasteiger partial charge in [0.05, 0.1) is 21.8 Å². The highest BCUT2D eigenvalue weighted by atomic mass is 35.5. The molecule has 0 spiro atoms. The molecular weight excluding hydrogens is 413 g/mol. The largest absolute Gasteiger partial charge is 0.330 e. The van der Waals surface area contributed by atoms with Gasteiger partial charge in [-0.05, 0) is 30.3 Å². The Hall–Kier alpha value is -1.37. The van der Waals surface area contributed by atoms with E-state index in [0.29, 0.717) is 37.1 Å². The fourth-order valence-electron chi connectivity index (χ4n) is 2.80. The third kappa shape index (κ3) is 3.97. The number of nitrogens with zero attached hydrogens (tertiary/aromatic N) is 2. The normalized spacial score (nSPS) is 12.3. The van der Waals surface area contributed by atoms with Crippen molar-refractivity contribution in [3.05, 3.63) is 61.4 Å². The molecule has 3 rings (SSSR count). The van der Waals surface area contributed by atoms with Crippen LogP contribution in [0.5, 0.6) is 0 Å². The molecule has 3 aromatic rings. The van der Waals surface area contributed by atoms with Gasteiger partial charge in [0.15, 0.2) is 5.78 Å². The molecule has 1 atom stereocenters. The van der Waals surface area contributed by atoms with Crippen molar-refractivity contribution in [1.29, 1.82) is 0 Å². The molecule has 1 aromatic carbocycles. The standard InChI is InChI=1S/C18H16Cl3N3OS/c1-24-17(14(20)9-23-24)13-7-16(26-18(13)21)15(25)6-11(8-22)10-3-2-4-12(19)5-10/h2-5,7,9,11H,6,8,22H2,1H3. The number of carbonyl (C=O) groups excluding carboxylic acids is 1. The lowest BCUT2D eigenvalue weighted by Gasteiger charge is -2.14. The maximum atomic E-state index is 12.8. The molecule has 26 heavy (non-hydrogen) atoms. The third-order valence-corrected chi connectivity index (χ3v) is 6.06. The van der Waals surface area contributed by atoms with Crippen LogP contribution in [0.15, 0.2) is 36.5 Å². The van der Waals surface area contributed by atoms with Crippen molar-refractivity contribution in [2.75, 3.05) is 6.54 Å². The molecule has 0 saturated heterocycles. The maximum absolute atomic E-state index is 12.8. The molecule has 0 fully saturated rings. The summed E-state index contributed by atoms with van der Waals surface area (Å²) in [6.07, 6.45) is 1.84. The first-order chi connectivity index (χ1) is 12.4. The van der Waals surface area contributed by atoms with Gasteiger partial charge in [-0.15, -0.1) is 11.3 Å². The minimum absolute atomic E-state index is 0.0168. The monoisotopic (exact) mass is 427 g/mol. The van der Waals surface area contributed by atoms with Crippen LogP contribution in [0.25, 0.3) is 11.3 Å². The number of carbonyl (C=O) groups is 1. The van der Waals surface area contributed by atoms with Gasteiger partial charge >= 0.3 is 0 Å². The maximum Gasteiger partial charge on any atom is 0.173 e. The second kappa shape index (κ2) is 8.11. The lowest BCUT2D eigenvalue weighted by atomic mass is 9.93. The lowest BCUT2D eigenvalue weighted by molar-refractivity contribution is 0.0978. The SMILES string of the molecule is Cn1ncc(Cl)c1-c1cc(C(=O)CC(CN)c2cccc(Cl)c2)sc1Cl. The Balaban J connectivity index is 1.85. The zero-order valence-corrected chi connectivity index (χ0v) is 17.0. The van der Waals surface area contributed by atoms with Crippen LogP contribution in [-0.2, 0) is 7.05 Å². The predicted octanol–water partition coefficient (Wildman–Crippen LogP) is 5.42. The molecule has 2 N–H and O–H groups in total. The lowest BCUT2D eigenvalue weighted by Crippen LogP contribution is -2.16. The van der Waals surface area contributed by atoms with Crippen molar-refractivity contribution in [3.63, 3.8) is 0 Å². The Kier molecular flexibility index (Phi) is 6.05. The van der Waals surface area contributed by atoms with Gasteiger partial charge in [-0.3, -0.25) is 9.48 Å². The van der Waals surface area contributed by atoms with E-state index >= 15 is 0 Å². The Morgan fingerprint density at radius 2 is 2.08 bits per heavy atom. The summed E-state index contributed by atoms with van der Waals surface area (Å²) in [5.74, 6) is -0.123. The summed E-state index contributed by atoms with van der Waals surface area (Å²) in [7, 11) is 1.78. The van der Waals surface area contributed by atoms with E-state index in [4.69, 9.17) is 40.5 Å². The molecule has 2 aromatic heterocycles. The van der Waals surface area contributed by atoms with Crippen molar-refractivity contribution in [2.24, 2.45) is 12.8 Å². The van der Waals surface area contributed by atoms with Crippen LogP contribution in [0, 0.1) is 0 Å². The van der Waals surface area contributed by atoms with Crippen molar-refractivity contribution in [1.82, 2.24) is 9.78 Å². The van der Waals surface area contributed by atoms with E-state index < -0.39 is 0 Å². The summed E-state index contributed by atoms with van der Waals surface area (Å²) in [6, 6.07) is 9.19. The number of aromatic nitrogens is 2. The molecule has 4 nitrogen and oxygen atoms in total. The quantitative estimate of drug-likeness (QED) is 0.533. The molecule has 0 saturated carbocycles. The smallest absolute Gasteiger partial charge is 0.173 e. The number of halogens is 3.